The second kappa shape index (κ2) is 9.39. The molecule has 1 aliphatic carbocycles. The van der Waals surface area contributed by atoms with E-state index in [1.165, 1.54) is 42.5 Å². The zero-order valence-electron chi connectivity index (χ0n) is 18.6. The Morgan fingerprint density at radius 1 is 1.17 bits per heavy atom. The largest absolute Gasteiger partial charge is 0.342 e. The van der Waals surface area contributed by atoms with Gasteiger partial charge in [0.25, 0.3) is 0 Å². The molecule has 3 fully saturated rings. The molecule has 0 aromatic carbocycles. The predicted molar refractivity (Wildman–Crippen MR) is 121 cm³/mol. The van der Waals surface area contributed by atoms with Gasteiger partial charge in [-0.1, -0.05) is 39.0 Å². The van der Waals surface area contributed by atoms with Gasteiger partial charge >= 0.3 is 0 Å². The maximum atomic E-state index is 13.5. The number of piperazine rings is 1. The van der Waals surface area contributed by atoms with E-state index in [0.717, 1.165) is 45.3 Å². The topological polar surface area (TPSA) is 52.7 Å². The van der Waals surface area contributed by atoms with Gasteiger partial charge in [-0.05, 0) is 55.5 Å². The molecule has 166 valence electrons. The fourth-order valence-corrected chi connectivity index (χ4v) is 6.63. The molecule has 1 saturated carbocycles. The molecule has 1 atom stereocenters. The van der Waals surface area contributed by atoms with Gasteiger partial charge in [-0.15, -0.1) is 11.3 Å². The summed E-state index contributed by atoms with van der Waals surface area (Å²) in [6.45, 7) is 7.65. The number of rotatable bonds is 6. The molecule has 1 aromatic rings. The molecule has 2 amide bonds. The minimum atomic E-state index is -0.642. The number of piperidine rings is 1. The Hall–Kier alpha value is -1.40. The van der Waals surface area contributed by atoms with E-state index in [1.54, 1.807) is 0 Å². The van der Waals surface area contributed by atoms with E-state index in [1.807, 2.05) is 16.2 Å². The highest BCUT2D eigenvalue weighted by atomic mass is 32.1. The van der Waals surface area contributed by atoms with Gasteiger partial charge in [0.05, 0.1) is 0 Å². The lowest BCUT2D eigenvalue weighted by atomic mass is 9.79. The first-order valence-electron chi connectivity index (χ1n) is 11.9. The van der Waals surface area contributed by atoms with E-state index in [-0.39, 0.29) is 17.9 Å². The minimum absolute atomic E-state index is 0.100. The predicted octanol–water partition coefficient (Wildman–Crippen LogP) is 4.10. The van der Waals surface area contributed by atoms with Crippen molar-refractivity contribution in [3.8, 4) is 0 Å². The highest BCUT2D eigenvalue weighted by Gasteiger charge is 2.53. The summed E-state index contributed by atoms with van der Waals surface area (Å²) in [5, 5.41) is 5.34. The van der Waals surface area contributed by atoms with E-state index < -0.39 is 5.54 Å². The number of hydrogen-bond acceptors (Lipinski definition) is 4. The van der Waals surface area contributed by atoms with Crippen LogP contribution >= 0.6 is 11.3 Å². The number of likely N-dealkylation sites (tertiary alicyclic amines) is 1. The number of amides is 2. The molecule has 3 heterocycles. The number of carbonyl (C=O) groups is 2. The van der Waals surface area contributed by atoms with Crippen molar-refractivity contribution < 1.29 is 9.59 Å². The van der Waals surface area contributed by atoms with Crippen molar-refractivity contribution in [2.45, 2.75) is 89.8 Å². The second-order valence-electron chi connectivity index (χ2n) is 9.59. The van der Waals surface area contributed by atoms with Gasteiger partial charge in [0.2, 0.25) is 11.8 Å². The Bertz CT molecular complexity index is 747. The van der Waals surface area contributed by atoms with Crippen LogP contribution in [0.2, 0.25) is 0 Å². The van der Waals surface area contributed by atoms with Crippen LogP contribution in [0.15, 0.2) is 11.4 Å². The van der Waals surface area contributed by atoms with Gasteiger partial charge < -0.3 is 10.2 Å². The molecular formula is C24H37N3O2S. The SMILES string of the molecule is CCCN1C(=O)C(CC2CCCCC2)NC(=O)C12CCN(Cc1sccc1C)CC2. The Labute approximate surface area is 185 Å². The maximum absolute atomic E-state index is 13.5. The normalized spacial score (nSPS) is 25.7. The third kappa shape index (κ3) is 4.31. The molecular weight excluding hydrogens is 394 g/mol. The third-order valence-corrected chi connectivity index (χ3v) is 8.58. The summed E-state index contributed by atoms with van der Waals surface area (Å²) in [5.74, 6) is 0.856. The molecule has 2 aliphatic heterocycles. The highest BCUT2D eigenvalue weighted by molar-refractivity contribution is 7.10. The van der Waals surface area contributed by atoms with Crippen LogP contribution in [-0.2, 0) is 16.1 Å². The maximum Gasteiger partial charge on any atom is 0.246 e. The first-order chi connectivity index (χ1) is 14.5. The first-order valence-corrected chi connectivity index (χ1v) is 12.8. The molecule has 6 heteroatoms. The van der Waals surface area contributed by atoms with Gasteiger partial charge in [-0.25, -0.2) is 0 Å². The van der Waals surface area contributed by atoms with E-state index in [0.29, 0.717) is 12.5 Å². The second-order valence-corrected chi connectivity index (χ2v) is 10.6. The Morgan fingerprint density at radius 3 is 2.53 bits per heavy atom. The number of nitrogens with one attached hydrogen (secondary N) is 1. The fraction of sp³-hybridized carbons (Fsp3) is 0.750. The molecule has 30 heavy (non-hydrogen) atoms. The van der Waals surface area contributed by atoms with Gasteiger partial charge in [-0.3, -0.25) is 14.5 Å². The summed E-state index contributed by atoms with van der Waals surface area (Å²) in [4.78, 5) is 32.7. The van der Waals surface area contributed by atoms with Crippen LogP contribution in [0.25, 0.3) is 0 Å². The lowest BCUT2D eigenvalue weighted by molar-refractivity contribution is -0.162. The number of carbonyl (C=O) groups excluding carboxylic acids is 2. The van der Waals surface area contributed by atoms with Crippen molar-refractivity contribution in [3.63, 3.8) is 0 Å². The van der Waals surface area contributed by atoms with Crippen molar-refractivity contribution in [2.75, 3.05) is 19.6 Å². The lowest BCUT2D eigenvalue weighted by Crippen LogP contribution is -2.73. The molecule has 5 nitrogen and oxygen atoms in total. The van der Waals surface area contributed by atoms with Crippen molar-refractivity contribution >= 4 is 23.2 Å². The molecule has 1 aromatic heterocycles. The zero-order chi connectivity index (χ0) is 21.1. The molecule has 4 rings (SSSR count). The molecule has 0 bridgehead atoms. The van der Waals surface area contributed by atoms with Crippen molar-refractivity contribution in [2.24, 2.45) is 5.92 Å². The van der Waals surface area contributed by atoms with E-state index in [2.05, 4.69) is 35.5 Å². The highest BCUT2D eigenvalue weighted by Crippen LogP contribution is 2.36. The number of nitrogens with zero attached hydrogens (tertiary/aromatic N) is 2. The molecule has 1 unspecified atom stereocenters. The van der Waals surface area contributed by atoms with E-state index in [4.69, 9.17) is 0 Å². The zero-order valence-corrected chi connectivity index (χ0v) is 19.4. The molecule has 1 N–H and O–H groups in total. The van der Waals surface area contributed by atoms with Gasteiger partial charge in [0.1, 0.15) is 11.6 Å². The van der Waals surface area contributed by atoms with Crippen LogP contribution in [0, 0.1) is 12.8 Å². The monoisotopic (exact) mass is 431 g/mol. The third-order valence-electron chi connectivity index (χ3n) is 7.57. The molecule has 3 aliphatic rings. The summed E-state index contributed by atoms with van der Waals surface area (Å²) >= 11 is 1.81. The number of thiophene rings is 1. The minimum Gasteiger partial charge on any atom is -0.342 e. The van der Waals surface area contributed by atoms with E-state index in [9.17, 15) is 9.59 Å². The van der Waals surface area contributed by atoms with Crippen LogP contribution in [-0.4, -0.2) is 52.8 Å². The molecule has 1 spiro atoms. The van der Waals surface area contributed by atoms with Crippen molar-refractivity contribution in [1.29, 1.82) is 0 Å². The summed E-state index contributed by atoms with van der Waals surface area (Å²) in [6, 6.07) is 1.86. The average Bonchev–Trinajstić information content (AvgIpc) is 3.16. The number of hydrogen-bond donors (Lipinski definition) is 1. The summed E-state index contributed by atoms with van der Waals surface area (Å²) in [5.41, 5.74) is 0.709. The van der Waals surface area contributed by atoms with Crippen LogP contribution in [0.5, 0.6) is 0 Å². The standard InChI is InChI=1S/C24H37N3O2S/c1-3-12-27-22(28)20(16-19-7-5-4-6-8-19)25-23(29)24(27)10-13-26(14-11-24)17-21-18(2)9-15-30-21/h9,15,19-20H,3-8,10-14,16-17H2,1-2H3,(H,25,29). The Kier molecular flexibility index (Phi) is 6.83. The summed E-state index contributed by atoms with van der Waals surface area (Å²) in [6.07, 6.45) is 9.46. The average molecular weight is 432 g/mol. The van der Waals surface area contributed by atoms with Crippen LogP contribution in [0.1, 0.15) is 75.2 Å². The van der Waals surface area contributed by atoms with Crippen LogP contribution in [0.3, 0.4) is 0 Å². The Morgan fingerprint density at radius 2 is 1.90 bits per heavy atom. The summed E-state index contributed by atoms with van der Waals surface area (Å²) < 4.78 is 0. The van der Waals surface area contributed by atoms with Gasteiger partial charge in [0.15, 0.2) is 0 Å². The summed E-state index contributed by atoms with van der Waals surface area (Å²) in [7, 11) is 0. The van der Waals surface area contributed by atoms with Crippen LogP contribution < -0.4 is 5.32 Å². The fourth-order valence-electron chi connectivity index (χ4n) is 5.69. The number of aryl methyl sites for hydroxylation is 1. The van der Waals surface area contributed by atoms with E-state index >= 15 is 0 Å². The van der Waals surface area contributed by atoms with Crippen LogP contribution in [0.4, 0.5) is 0 Å². The quantitative estimate of drug-likeness (QED) is 0.738. The lowest BCUT2D eigenvalue weighted by Gasteiger charge is -2.52. The smallest absolute Gasteiger partial charge is 0.246 e. The first kappa shape index (κ1) is 21.8. The van der Waals surface area contributed by atoms with Crippen molar-refractivity contribution in [3.05, 3.63) is 21.9 Å². The molecule has 2 saturated heterocycles. The van der Waals surface area contributed by atoms with Crippen molar-refractivity contribution in [1.82, 2.24) is 15.1 Å². The van der Waals surface area contributed by atoms with Gasteiger partial charge in [-0.2, -0.15) is 0 Å². The Balaban J connectivity index is 1.44. The molecule has 0 radical (unpaired) electrons. The van der Waals surface area contributed by atoms with Gasteiger partial charge in [0, 0.05) is 31.1 Å².